The standard InChI is InChI=1S/C13H17N3OS/c1-9-5-4-6-10(7-9)18-8-11-15-12(16-17-11)13(2,3)14/h4-7H,8,14H2,1-3H3. The summed E-state index contributed by atoms with van der Waals surface area (Å²) in [5.41, 5.74) is 6.59. The summed E-state index contributed by atoms with van der Waals surface area (Å²) in [5, 5.41) is 3.89. The van der Waals surface area contributed by atoms with E-state index in [0.29, 0.717) is 17.5 Å². The van der Waals surface area contributed by atoms with Gasteiger partial charge in [0, 0.05) is 4.90 Å². The lowest BCUT2D eigenvalue weighted by atomic mass is 10.1. The van der Waals surface area contributed by atoms with Crippen molar-refractivity contribution in [3.8, 4) is 0 Å². The van der Waals surface area contributed by atoms with Gasteiger partial charge in [0.1, 0.15) is 0 Å². The van der Waals surface area contributed by atoms with Crippen molar-refractivity contribution in [1.29, 1.82) is 0 Å². The summed E-state index contributed by atoms with van der Waals surface area (Å²) in [6.45, 7) is 5.79. The molecule has 0 amide bonds. The predicted octanol–water partition coefficient (Wildman–Crippen LogP) is 2.86. The second kappa shape index (κ2) is 5.12. The van der Waals surface area contributed by atoms with Gasteiger partial charge in [-0.05, 0) is 32.9 Å². The van der Waals surface area contributed by atoms with Gasteiger partial charge in [0.05, 0.1) is 11.3 Å². The molecule has 1 aromatic heterocycles. The Morgan fingerprint density at radius 3 is 2.78 bits per heavy atom. The van der Waals surface area contributed by atoms with E-state index in [2.05, 4.69) is 35.3 Å². The third-order valence-corrected chi connectivity index (χ3v) is 3.37. The van der Waals surface area contributed by atoms with E-state index in [9.17, 15) is 0 Å². The van der Waals surface area contributed by atoms with Gasteiger partial charge in [-0.3, -0.25) is 0 Å². The van der Waals surface area contributed by atoms with Gasteiger partial charge in [0.15, 0.2) is 5.82 Å². The van der Waals surface area contributed by atoms with Gasteiger partial charge < -0.3 is 10.3 Å². The van der Waals surface area contributed by atoms with E-state index in [4.69, 9.17) is 10.3 Å². The van der Waals surface area contributed by atoms with Crippen LogP contribution in [0.4, 0.5) is 0 Å². The second-order valence-electron chi connectivity index (χ2n) is 4.84. The van der Waals surface area contributed by atoms with Crippen molar-refractivity contribution in [2.45, 2.75) is 37.0 Å². The zero-order valence-electron chi connectivity index (χ0n) is 10.8. The van der Waals surface area contributed by atoms with Crippen molar-refractivity contribution in [2.24, 2.45) is 5.73 Å². The maximum absolute atomic E-state index is 5.91. The van der Waals surface area contributed by atoms with Gasteiger partial charge in [-0.1, -0.05) is 22.9 Å². The fourth-order valence-electron chi connectivity index (χ4n) is 1.43. The molecule has 0 fully saturated rings. The maximum atomic E-state index is 5.91. The maximum Gasteiger partial charge on any atom is 0.237 e. The number of benzene rings is 1. The molecule has 2 aromatic rings. The van der Waals surface area contributed by atoms with E-state index < -0.39 is 5.54 Å². The fraction of sp³-hybridized carbons (Fsp3) is 0.385. The number of thioether (sulfide) groups is 1. The fourth-order valence-corrected chi connectivity index (χ4v) is 2.28. The van der Waals surface area contributed by atoms with E-state index in [-0.39, 0.29) is 0 Å². The monoisotopic (exact) mass is 263 g/mol. The lowest BCUT2D eigenvalue weighted by Gasteiger charge is -2.11. The van der Waals surface area contributed by atoms with Crippen LogP contribution in [-0.2, 0) is 11.3 Å². The molecule has 18 heavy (non-hydrogen) atoms. The van der Waals surface area contributed by atoms with Crippen molar-refractivity contribution < 1.29 is 4.52 Å². The van der Waals surface area contributed by atoms with Crippen molar-refractivity contribution in [1.82, 2.24) is 10.1 Å². The molecule has 0 saturated carbocycles. The highest BCUT2D eigenvalue weighted by atomic mass is 32.2. The molecule has 2 N–H and O–H groups in total. The molecule has 0 spiro atoms. The Bertz CT molecular complexity index is 531. The summed E-state index contributed by atoms with van der Waals surface area (Å²) in [7, 11) is 0. The van der Waals surface area contributed by atoms with Gasteiger partial charge in [-0.15, -0.1) is 11.8 Å². The summed E-state index contributed by atoms with van der Waals surface area (Å²) in [4.78, 5) is 5.49. The number of hydrogen-bond acceptors (Lipinski definition) is 5. The number of rotatable bonds is 4. The molecule has 0 aliphatic carbocycles. The number of aromatic nitrogens is 2. The average molecular weight is 263 g/mol. The molecular weight excluding hydrogens is 246 g/mol. The van der Waals surface area contributed by atoms with Crippen LogP contribution >= 0.6 is 11.8 Å². The highest BCUT2D eigenvalue weighted by molar-refractivity contribution is 7.98. The van der Waals surface area contributed by atoms with Gasteiger partial charge in [-0.25, -0.2) is 0 Å². The van der Waals surface area contributed by atoms with Crippen molar-refractivity contribution in [2.75, 3.05) is 0 Å². The lowest BCUT2D eigenvalue weighted by molar-refractivity contribution is 0.370. The van der Waals surface area contributed by atoms with Gasteiger partial charge >= 0.3 is 0 Å². The van der Waals surface area contributed by atoms with Crippen LogP contribution in [0.3, 0.4) is 0 Å². The van der Waals surface area contributed by atoms with Crippen LogP contribution < -0.4 is 5.73 Å². The van der Waals surface area contributed by atoms with E-state index in [0.717, 1.165) is 0 Å². The summed E-state index contributed by atoms with van der Waals surface area (Å²) in [6.07, 6.45) is 0. The first-order valence-corrected chi connectivity index (χ1v) is 6.75. The lowest BCUT2D eigenvalue weighted by Crippen LogP contribution is -2.30. The second-order valence-corrected chi connectivity index (χ2v) is 5.89. The van der Waals surface area contributed by atoms with Gasteiger partial charge in [0.2, 0.25) is 5.89 Å². The van der Waals surface area contributed by atoms with Crippen LogP contribution in [0.1, 0.15) is 31.1 Å². The van der Waals surface area contributed by atoms with E-state index in [1.165, 1.54) is 10.5 Å². The number of nitrogens with two attached hydrogens (primary N) is 1. The number of nitrogens with zero attached hydrogens (tertiary/aromatic N) is 2. The van der Waals surface area contributed by atoms with E-state index in [1.54, 1.807) is 11.8 Å². The molecule has 0 aliphatic rings. The summed E-state index contributed by atoms with van der Waals surface area (Å²) in [5.74, 6) is 1.81. The smallest absolute Gasteiger partial charge is 0.237 e. The Balaban J connectivity index is 2.01. The van der Waals surface area contributed by atoms with Crippen LogP contribution in [-0.4, -0.2) is 10.1 Å². The first kappa shape index (κ1) is 13.1. The third-order valence-electron chi connectivity index (χ3n) is 2.40. The van der Waals surface area contributed by atoms with Crippen molar-refractivity contribution in [3.05, 3.63) is 41.5 Å². The molecular formula is C13H17N3OS. The van der Waals surface area contributed by atoms with Crippen LogP contribution in [0, 0.1) is 6.92 Å². The minimum absolute atomic E-state index is 0.544. The third kappa shape index (κ3) is 3.34. The highest BCUT2D eigenvalue weighted by Crippen LogP contribution is 2.23. The Hall–Kier alpha value is -1.33. The average Bonchev–Trinajstić information content (AvgIpc) is 2.74. The predicted molar refractivity (Wildman–Crippen MR) is 72.3 cm³/mol. The van der Waals surface area contributed by atoms with E-state index in [1.807, 2.05) is 19.9 Å². The Kier molecular flexibility index (Phi) is 3.73. The molecule has 0 atom stereocenters. The molecule has 4 nitrogen and oxygen atoms in total. The van der Waals surface area contributed by atoms with Crippen LogP contribution in [0.15, 0.2) is 33.7 Å². The minimum atomic E-state index is -0.560. The highest BCUT2D eigenvalue weighted by Gasteiger charge is 2.21. The summed E-state index contributed by atoms with van der Waals surface area (Å²) >= 11 is 1.67. The zero-order chi connectivity index (χ0) is 13.2. The Labute approximate surface area is 111 Å². The SMILES string of the molecule is Cc1cccc(SCc2nc(C(C)(C)N)no2)c1. The van der Waals surface area contributed by atoms with Crippen LogP contribution in [0.2, 0.25) is 0 Å². The molecule has 1 heterocycles. The molecule has 96 valence electrons. The van der Waals surface area contributed by atoms with Crippen molar-refractivity contribution >= 4 is 11.8 Å². The first-order valence-electron chi connectivity index (χ1n) is 5.76. The molecule has 0 aliphatic heterocycles. The quantitative estimate of drug-likeness (QED) is 0.859. The molecule has 0 bridgehead atoms. The normalized spacial score (nSPS) is 11.8. The summed E-state index contributed by atoms with van der Waals surface area (Å²) < 4.78 is 5.18. The molecule has 2 rings (SSSR count). The number of aryl methyl sites for hydroxylation is 1. The summed E-state index contributed by atoms with van der Waals surface area (Å²) in [6, 6.07) is 8.32. The molecule has 0 saturated heterocycles. The van der Waals surface area contributed by atoms with Crippen molar-refractivity contribution in [3.63, 3.8) is 0 Å². The van der Waals surface area contributed by atoms with Crippen LogP contribution in [0.5, 0.6) is 0 Å². The Morgan fingerprint density at radius 2 is 2.17 bits per heavy atom. The number of hydrogen-bond donors (Lipinski definition) is 1. The first-order chi connectivity index (χ1) is 8.45. The zero-order valence-corrected chi connectivity index (χ0v) is 11.6. The topological polar surface area (TPSA) is 64.9 Å². The largest absolute Gasteiger partial charge is 0.338 e. The van der Waals surface area contributed by atoms with Gasteiger partial charge in [-0.2, -0.15) is 4.98 Å². The minimum Gasteiger partial charge on any atom is -0.338 e. The molecule has 5 heteroatoms. The van der Waals surface area contributed by atoms with E-state index >= 15 is 0 Å². The van der Waals surface area contributed by atoms with Crippen LogP contribution in [0.25, 0.3) is 0 Å². The van der Waals surface area contributed by atoms with Gasteiger partial charge in [0.25, 0.3) is 0 Å². The molecule has 0 unspecified atom stereocenters. The Morgan fingerprint density at radius 1 is 1.39 bits per heavy atom. The molecule has 0 radical (unpaired) electrons. The molecule has 1 aromatic carbocycles.